The molecule has 1 aromatic heterocycles. The molecule has 1 amide bonds. The fraction of sp³-hybridized carbons (Fsp3) is 0. The molecule has 0 saturated heterocycles. The van der Waals surface area contributed by atoms with Gasteiger partial charge in [0.05, 0.1) is 11.9 Å². The van der Waals surface area contributed by atoms with Crippen molar-refractivity contribution in [1.29, 1.82) is 0 Å². The van der Waals surface area contributed by atoms with Crippen molar-refractivity contribution >= 4 is 17.7 Å². The smallest absolute Gasteiger partial charge is 0.302 e. The van der Waals surface area contributed by atoms with E-state index >= 15 is 0 Å². The molecule has 0 unspecified atom stereocenters. The zero-order valence-electron chi connectivity index (χ0n) is 9.95. The summed E-state index contributed by atoms with van der Waals surface area (Å²) in [5.41, 5.74) is 17.3. The van der Waals surface area contributed by atoms with Gasteiger partial charge in [-0.15, -0.1) is 0 Å². The van der Waals surface area contributed by atoms with Gasteiger partial charge in [0.15, 0.2) is 17.5 Å². The van der Waals surface area contributed by atoms with E-state index in [1.165, 1.54) is 6.20 Å². The summed E-state index contributed by atoms with van der Waals surface area (Å²) in [7, 11) is 0. The zero-order chi connectivity index (χ0) is 13.8. The topological polar surface area (TPSA) is 133 Å². The Morgan fingerprint density at radius 2 is 1.84 bits per heavy atom. The quantitative estimate of drug-likeness (QED) is 0.517. The Kier molecular flexibility index (Phi) is 3.37. The molecule has 7 nitrogen and oxygen atoms in total. The summed E-state index contributed by atoms with van der Waals surface area (Å²) in [6, 6.07) is 9.34. The summed E-state index contributed by atoms with van der Waals surface area (Å²) in [4.78, 5) is 23.0. The number of carbonyl (C=O) groups excluding carboxylic acids is 1. The number of aromatic nitrogens is 2. The maximum atomic E-state index is 11.6. The second kappa shape index (κ2) is 5.13. The van der Waals surface area contributed by atoms with Crippen LogP contribution in [0, 0.1) is 0 Å². The maximum Gasteiger partial charge on any atom is 0.302 e. The van der Waals surface area contributed by atoms with Crippen LogP contribution in [-0.2, 0) is 0 Å². The third-order valence-electron chi connectivity index (χ3n) is 2.30. The van der Waals surface area contributed by atoms with Gasteiger partial charge in [-0.1, -0.05) is 30.3 Å². The Bertz CT molecular complexity index is 634. The van der Waals surface area contributed by atoms with Crippen LogP contribution in [0.1, 0.15) is 10.5 Å². The molecule has 0 aliphatic carbocycles. The molecule has 0 atom stereocenters. The number of nitrogen functional groups attached to an aromatic ring is 1. The number of carbonyl (C=O) groups is 1. The van der Waals surface area contributed by atoms with Crippen molar-refractivity contribution in [2.45, 2.75) is 0 Å². The van der Waals surface area contributed by atoms with Crippen LogP contribution in [0.25, 0.3) is 11.3 Å². The number of hydrogen-bond acceptors (Lipinski definition) is 4. The van der Waals surface area contributed by atoms with Crippen molar-refractivity contribution in [3.8, 4) is 11.3 Å². The molecule has 0 bridgehead atoms. The maximum absolute atomic E-state index is 11.6. The molecule has 0 fully saturated rings. The number of rotatable bonds is 2. The Balaban J connectivity index is 2.38. The molecular weight excluding hydrogens is 244 g/mol. The molecule has 0 saturated carbocycles. The van der Waals surface area contributed by atoms with Crippen LogP contribution in [0.5, 0.6) is 0 Å². The highest BCUT2D eigenvalue weighted by Crippen LogP contribution is 2.18. The number of aliphatic imine (C=N–C) groups is 1. The monoisotopic (exact) mass is 256 g/mol. The average molecular weight is 256 g/mol. The lowest BCUT2D eigenvalue weighted by Crippen LogP contribution is -2.24. The van der Waals surface area contributed by atoms with Crippen LogP contribution in [-0.4, -0.2) is 21.8 Å². The van der Waals surface area contributed by atoms with Crippen LogP contribution >= 0.6 is 0 Å². The van der Waals surface area contributed by atoms with Gasteiger partial charge in [-0.2, -0.15) is 4.99 Å². The van der Waals surface area contributed by atoms with Crippen molar-refractivity contribution in [1.82, 2.24) is 9.97 Å². The average Bonchev–Trinajstić information content (AvgIpc) is 2.38. The van der Waals surface area contributed by atoms with Gasteiger partial charge in [0, 0.05) is 5.56 Å². The lowest BCUT2D eigenvalue weighted by molar-refractivity contribution is 0.0998. The number of nitrogens with zero attached hydrogens (tertiary/aromatic N) is 3. The third kappa shape index (κ3) is 2.83. The second-order valence-corrected chi connectivity index (χ2v) is 3.70. The Labute approximate surface area is 109 Å². The summed E-state index contributed by atoms with van der Waals surface area (Å²) in [6.07, 6.45) is 1.45. The van der Waals surface area contributed by atoms with E-state index in [9.17, 15) is 4.79 Å². The standard InChI is InChI=1S/C12H12N6O/c13-10-9(11(19)18-12(14)15)16-6-8(17-10)7-4-2-1-3-5-7/h1-6H,(H2,13,17)(H4,14,15,18,19). The number of anilines is 1. The normalized spacial score (nSPS) is 9.89. The highest BCUT2D eigenvalue weighted by Gasteiger charge is 2.13. The van der Waals surface area contributed by atoms with Crippen molar-refractivity contribution in [3.05, 3.63) is 42.2 Å². The number of benzene rings is 1. The van der Waals surface area contributed by atoms with E-state index in [1.807, 2.05) is 30.3 Å². The van der Waals surface area contributed by atoms with E-state index in [0.717, 1.165) is 5.56 Å². The van der Waals surface area contributed by atoms with Crippen molar-refractivity contribution in [2.75, 3.05) is 5.73 Å². The first-order chi connectivity index (χ1) is 9.08. The van der Waals surface area contributed by atoms with E-state index < -0.39 is 5.91 Å². The zero-order valence-corrected chi connectivity index (χ0v) is 9.95. The Morgan fingerprint density at radius 1 is 1.16 bits per heavy atom. The molecule has 0 aliphatic heterocycles. The van der Waals surface area contributed by atoms with Gasteiger partial charge < -0.3 is 17.2 Å². The summed E-state index contributed by atoms with van der Waals surface area (Å²) in [6.45, 7) is 0. The number of amides is 1. The van der Waals surface area contributed by atoms with E-state index in [1.54, 1.807) is 0 Å². The van der Waals surface area contributed by atoms with Gasteiger partial charge in [-0.05, 0) is 0 Å². The molecule has 0 spiro atoms. The lowest BCUT2D eigenvalue weighted by Gasteiger charge is -2.04. The minimum Gasteiger partial charge on any atom is -0.382 e. The van der Waals surface area contributed by atoms with Crippen LogP contribution in [0.3, 0.4) is 0 Å². The molecule has 0 radical (unpaired) electrons. The van der Waals surface area contributed by atoms with Gasteiger partial charge in [0.1, 0.15) is 0 Å². The summed E-state index contributed by atoms with van der Waals surface area (Å²) in [5.74, 6) is -1.08. The first kappa shape index (κ1) is 12.5. The number of guanidine groups is 1. The molecule has 2 aromatic rings. The Hall–Kier alpha value is -2.96. The molecule has 6 N–H and O–H groups in total. The SMILES string of the molecule is NC(N)=NC(=O)c1ncc(-c2ccccc2)nc1N. The van der Waals surface area contributed by atoms with E-state index in [4.69, 9.17) is 17.2 Å². The van der Waals surface area contributed by atoms with E-state index in [0.29, 0.717) is 5.69 Å². The summed E-state index contributed by atoms with van der Waals surface area (Å²) < 4.78 is 0. The number of nitrogens with two attached hydrogens (primary N) is 3. The molecule has 2 rings (SSSR count). The molecule has 1 aromatic carbocycles. The van der Waals surface area contributed by atoms with Crippen LogP contribution < -0.4 is 17.2 Å². The predicted molar refractivity (Wildman–Crippen MR) is 72.0 cm³/mol. The summed E-state index contributed by atoms with van der Waals surface area (Å²) in [5, 5.41) is 0. The third-order valence-corrected chi connectivity index (χ3v) is 2.30. The fourth-order valence-corrected chi connectivity index (χ4v) is 1.49. The molecular formula is C12H12N6O. The van der Waals surface area contributed by atoms with Gasteiger partial charge in [-0.3, -0.25) is 4.79 Å². The largest absolute Gasteiger partial charge is 0.382 e. The van der Waals surface area contributed by atoms with Crippen LogP contribution in [0.15, 0.2) is 41.5 Å². The van der Waals surface area contributed by atoms with Crippen molar-refractivity contribution in [3.63, 3.8) is 0 Å². The van der Waals surface area contributed by atoms with Crippen molar-refractivity contribution in [2.24, 2.45) is 16.5 Å². The van der Waals surface area contributed by atoms with Gasteiger partial charge in [0.25, 0.3) is 0 Å². The predicted octanol–water partition coefficient (Wildman–Crippen LogP) is 0.139. The highest BCUT2D eigenvalue weighted by molar-refractivity contribution is 6.03. The van der Waals surface area contributed by atoms with Crippen LogP contribution in [0.4, 0.5) is 5.82 Å². The van der Waals surface area contributed by atoms with E-state index in [2.05, 4.69) is 15.0 Å². The molecule has 1 heterocycles. The van der Waals surface area contributed by atoms with Gasteiger partial charge in [-0.25, -0.2) is 9.97 Å². The lowest BCUT2D eigenvalue weighted by atomic mass is 10.1. The molecule has 19 heavy (non-hydrogen) atoms. The van der Waals surface area contributed by atoms with Gasteiger partial charge in [0.2, 0.25) is 0 Å². The fourth-order valence-electron chi connectivity index (χ4n) is 1.49. The first-order valence-electron chi connectivity index (χ1n) is 5.40. The summed E-state index contributed by atoms with van der Waals surface area (Å²) >= 11 is 0. The molecule has 0 aliphatic rings. The van der Waals surface area contributed by atoms with Gasteiger partial charge >= 0.3 is 5.91 Å². The number of hydrogen-bond donors (Lipinski definition) is 3. The van der Waals surface area contributed by atoms with E-state index in [-0.39, 0.29) is 17.5 Å². The van der Waals surface area contributed by atoms with Crippen LogP contribution in [0.2, 0.25) is 0 Å². The first-order valence-corrected chi connectivity index (χ1v) is 5.40. The molecule has 7 heteroatoms. The van der Waals surface area contributed by atoms with Crippen molar-refractivity contribution < 1.29 is 4.79 Å². The minimum atomic E-state index is -0.718. The Morgan fingerprint density at radius 3 is 2.42 bits per heavy atom. The highest BCUT2D eigenvalue weighted by atomic mass is 16.1. The minimum absolute atomic E-state index is 0.0173. The second-order valence-electron chi connectivity index (χ2n) is 3.70. The molecule has 96 valence electrons.